The van der Waals surface area contributed by atoms with Gasteiger partial charge in [0.25, 0.3) is 0 Å². The highest BCUT2D eigenvalue weighted by Gasteiger charge is 2.24. The van der Waals surface area contributed by atoms with E-state index in [0.29, 0.717) is 0 Å². The summed E-state index contributed by atoms with van der Waals surface area (Å²) >= 11 is 0. The number of carboxylic acid groups (broad SMARTS) is 1. The first-order valence-electron chi connectivity index (χ1n) is 6.27. The number of nitrogens with one attached hydrogen (secondary N) is 1. The van der Waals surface area contributed by atoms with Crippen molar-refractivity contribution >= 4 is 11.9 Å². The van der Waals surface area contributed by atoms with Crippen LogP contribution >= 0.6 is 0 Å². The molecule has 1 aromatic rings. The number of aliphatic hydroxyl groups is 1. The average Bonchev–Trinajstić information content (AvgIpc) is 2.35. The molecule has 0 heterocycles. The van der Waals surface area contributed by atoms with Crippen LogP contribution in [0.15, 0.2) is 24.3 Å². The fraction of sp³-hybridized carbons (Fsp3) is 0.429. The van der Waals surface area contributed by atoms with Crippen molar-refractivity contribution in [3.05, 3.63) is 35.6 Å². The normalized spacial score (nSPS) is 13.8. The molecular weight excluding hydrogens is 265 g/mol. The van der Waals surface area contributed by atoms with Crippen molar-refractivity contribution in [3.8, 4) is 0 Å². The average molecular weight is 283 g/mol. The maximum absolute atomic E-state index is 13.0. The van der Waals surface area contributed by atoms with Gasteiger partial charge in [-0.1, -0.05) is 26.0 Å². The van der Waals surface area contributed by atoms with Gasteiger partial charge in [0, 0.05) is 0 Å². The van der Waals surface area contributed by atoms with Crippen LogP contribution < -0.4 is 5.32 Å². The first kappa shape index (κ1) is 16.1. The number of aliphatic carboxylic acids is 1. The summed E-state index contributed by atoms with van der Waals surface area (Å²) < 4.78 is 13.0. The van der Waals surface area contributed by atoms with Gasteiger partial charge < -0.3 is 15.5 Å². The molecule has 0 saturated heterocycles. The maximum Gasteiger partial charge on any atom is 0.326 e. The quantitative estimate of drug-likeness (QED) is 0.738. The molecule has 0 aromatic heterocycles. The maximum atomic E-state index is 13.0. The van der Waals surface area contributed by atoms with E-state index in [-0.39, 0.29) is 17.9 Å². The van der Waals surface area contributed by atoms with Crippen LogP contribution in [0.4, 0.5) is 4.39 Å². The number of rotatable bonds is 6. The lowest BCUT2D eigenvalue weighted by molar-refractivity contribution is -0.143. The van der Waals surface area contributed by atoms with Gasteiger partial charge in [-0.15, -0.1) is 0 Å². The van der Waals surface area contributed by atoms with Crippen LogP contribution in [0.3, 0.4) is 0 Å². The molecule has 3 N–H and O–H groups in total. The monoisotopic (exact) mass is 283 g/mol. The SMILES string of the molecule is CC(C)[C@@H](NC(=O)CC(O)c1cccc(F)c1)C(=O)O. The second-order valence-corrected chi connectivity index (χ2v) is 4.90. The summed E-state index contributed by atoms with van der Waals surface area (Å²) in [7, 11) is 0. The Hall–Kier alpha value is -1.95. The highest BCUT2D eigenvalue weighted by atomic mass is 19.1. The molecule has 1 amide bonds. The summed E-state index contributed by atoms with van der Waals surface area (Å²) in [6.07, 6.45) is -1.49. The second kappa shape index (κ2) is 7.00. The third-order valence-corrected chi connectivity index (χ3v) is 2.86. The zero-order valence-electron chi connectivity index (χ0n) is 11.3. The van der Waals surface area contributed by atoms with E-state index in [4.69, 9.17) is 5.11 Å². The van der Waals surface area contributed by atoms with Gasteiger partial charge in [0.05, 0.1) is 12.5 Å². The first-order valence-corrected chi connectivity index (χ1v) is 6.27. The Balaban J connectivity index is 2.64. The molecule has 0 saturated carbocycles. The number of aliphatic hydroxyl groups excluding tert-OH is 1. The molecule has 110 valence electrons. The third-order valence-electron chi connectivity index (χ3n) is 2.86. The van der Waals surface area contributed by atoms with Crippen LogP contribution in [0.5, 0.6) is 0 Å². The lowest BCUT2D eigenvalue weighted by Crippen LogP contribution is -2.44. The van der Waals surface area contributed by atoms with E-state index in [9.17, 15) is 19.1 Å². The van der Waals surface area contributed by atoms with E-state index in [2.05, 4.69) is 5.32 Å². The van der Waals surface area contributed by atoms with Crippen LogP contribution in [0.2, 0.25) is 0 Å². The van der Waals surface area contributed by atoms with Crippen LogP contribution in [-0.2, 0) is 9.59 Å². The van der Waals surface area contributed by atoms with E-state index >= 15 is 0 Å². The predicted octanol–water partition coefficient (Wildman–Crippen LogP) is 1.47. The molecule has 0 radical (unpaired) electrons. The number of halogens is 1. The van der Waals surface area contributed by atoms with Crippen molar-refractivity contribution in [1.29, 1.82) is 0 Å². The molecule has 0 fully saturated rings. The molecule has 0 bridgehead atoms. The van der Waals surface area contributed by atoms with Gasteiger partial charge in [-0.2, -0.15) is 0 Å². The lowest BCUT2D eigenvalue weighted by Gasteiger charge is -2.19. The van der Waals surface area contributed by atoms with Gasteiger partial charge in [0.15, 0.2) is 0 Å². The molecule has 0 aliphatic heterocycles. The Morgan fingerprint density at radius 3 is 2.50 bits per heavy atom. The Kier molecular flexibility index (Phi) is 5.64. The fourth-order valence-corrected chi connectivity index (χ4v) is 1.75. The third kappa shape index (κ3) is 4.62. The summed E-state index contributed by atoms with van der Waals surface area (Å²) in [4.78, 5) is 22.7. The highest BCUT2D eigenvalue weighted by molar-refractivity contribution is 5.84. The molecule has 2 atom stereocenters. The number of hydrogen-bond acceptors (Lipinski definition) is 3. The minimum absolute atomic E-state index is 0.275. The Morgan fingerprint density at radius 1 is 1.35 bits per heavy atom. The summed E-state index contributed by atoms with van der Waals surface area (Å²) in [6.45, 7) is 3.34. The van der Waals surface area contributed by atoms with Crippen LogP contribution in [-0.4, -0.2) is 28.1 Å². The van der Waals surface area contributed by atoms with E-state index in [1.807, 2.05) is 0 Å². The van der Waals surface area contributed by atoms with Crippen LogP contribution in [0, 0.1) is 11.7 Å². The van der Waals surface area contributed by atoms with E-state index in [1.54, 1.807) is 13.8 Å². The molecule has 6 heteroatoms. The number of carboxylic acids is 1. The molecule has 1 rings (SSSR count). The predicted molar refractivity (Wildman–Crippen MR) is 70.4 cm³/mol. The van der Waals surface area contributed by atoms with Gasteiger partial charge in [-0.25, -0.2) is 9.18 Å². The summed E-state index contributed by atoms with van der Waals surface area (Å²) in [5, 5.41) is 21.1. The zero-order chi connectivity index (χ0) is 15.3. The number of amides is 1. The largest absolute Gasteiger partial charge is 0.480 e. The van der Waals surface area contributed by atoms with Gasteiger partial charge in [0.2, 0.25) is 5.91 Å². The first-order chi connectivity index (χ1) is 9.31. The van der Waals surface area contributed by atoms with E-state index in [1.165, 1.54) is 18.2 Å². The minimum Gasteiger partial charge on any atom is -0.480 e. The molecule has 1 aromatic carbocycles. The second-order valence-electron chi connectivity index (χ2n) is 4.90. The van der Waals surface area contributed by atoms with Crippen molar-refractivity contribution in [2.75, 3.05) is 0 Å². The molecular formula is C14H18FNO4. The number of benzene rings is 1. The lowest BCUT2D eigenvalue weighted by atomic mass is 10.0. The van der Waals surface area contributed by atoms with E-state index < -0.39 is 29.8 Å². The Morgan fingerprint density at radius 2 is 2.00 bits per heavy atom. The Labute approximate surface area is 116 Å². The molecule has 0 spiro atoms. The van der Waals surface area contributed by atoms with Crippen molar-refractivity contribution in [1.82, 2.24) is 5.32 Å². The molecule has 20 heavy (non-hydrogen) atoms. The number of carbonyl (C=O) groups excluding carboxylic acids is 1. The summed E-state index contributed by atoms with van der Waals surface area (Å²) in [6, 6.07) is 4.28. The zero-order valence-corrected chi connectivity index (χ0v) is 11.3. The van der Waals surface area contributed by atoms with E-state index in [0.717, 1.165) is 6.07 Å². The molecule has 5 nitrogen and oxygen atoms in total. The van der Waals surface area contributed by atoms with Gasteiger partial charge in [-0.05, 0) is 23.6 Å². The van der Waals surface area contributed by atoms with Crippen LogP contribution in [0.1, 0.15) is 31.9 Å². The number of carbonyl (C=O) groups is 2. The summed E-state index contributed by atoms with van der Waals surface area (Å²) in [5.74, 6) is -2.51. The van der Waals surface area contributed by atoms with Gasteiger partial charge >= 0.3 is 5.97 Å². The van der Waals surface area contributed by atoms with Gasteiger partial charge in [-0.3, -0.25) is 4.79 Å². The minimum atomic E-state index is -1.17. The fourth-order valence-electron chi connectivity index (χ4n) is 1.75. The number of hydrogen-bond donors (Lipinski definition) is 3. The standard InChI is InChI=1S/C14H18FNO4/c1-8(2)13(14(19)20)16-12(18)7-11(17)9-4-3-5-10(15)6-9/h3-6,8,11,13,17H,7H2,1-2H3,(H,16,18)(H,19,20)/t11?,13-/m1/s1. The molecule has 0 aliphatic carbocycles. The van der Waals surface area contributed by atoms with Crippen molar-refractivity contribution in [2.24, 2.45) is 5.92 Å². The van der Waals surface area contributed by atoms with Crippen molar-refractivity contribution in [2.45, 2.75) is 32.4 Å². The Bertz CT molecular complexity index is 490. The highest BCUT2D eigenvalue weighted by Crippen LogP contribution is 2.17. The topological polar surface area (TPSA) is 86.6 Å². The summed E-state index contributed by atoms with van der Waals surface area (Å²) in [5.41, 5.74) is 0.275. The van der Waals surface area contributed by atoms with Crippen molar-refractivity contribution in [3.63, 3.8) is 0 Å². The molecule has 1 unspecified atom stereocenters. The van der Waals surface area contributed by atoms with Gasteiger partial charge in [0.1, 0.15) is 11.9 Å². The smallest absolute Gasteiger partial charge is 0.326 e. The van der Waals surface area contributed by atoms with Crippen LogP contribution in [0.25, 0.3) is 0 Å². The molecule has 0 aliphatic rings. The van der Waals surface area contributed by atoms with Crippen molar-refractivity contribution < 1.29 is 24.2 Å².